The van der Waals surface area contributed by atoms with E-state index in [0.29, 0.717) is 5.69 Å². The van der Waals surface area contributed by atoms with Crippen molar-refractivity contribution >= 4 is 40.6 Å². The van der Waals surface area contributed by atoms with Crippen molar-refractivity contribution in [2.24, 2.45) is 13.0 Å². The normalized spacial score (nSPS) is 17.6. The minimum absolute atomic E-state index is 0.0500. The molecule has 2 atom stereocenters. The van der Waals surface area contributed by atoms with E-state index in [-0.39, 0.29) is 30.2 Å². The third kappa shape index (κ3) is 5.42. The highest BCUT2D eigenvalue weighted by atomic mass is 35.5. The van der Waals surface area contributed by atoms with Crippen LogP contribution >= 0.6 is 11.6 Å². The number of carbonyl (C=O) groups excluding carboxylic acids is 2. The molecule has 1 unspecified atom stereocenters. The van der Waals surface area contributed by atoms with Gasteiger partial charge in [0.1, 0.15) is 22.7 Å². The molecule has 1 N–H and O–H groups in total. The van der Waals surface area contributed by atoms with Crippen LogP contribution in [-0.2, 0) is 22.8 Å². The fraction of sp³-hybridized carbons (Fsp3) is 0.333. The Hall–Kier alpha value is -3.74. The minimum Gasteiger partial charge on any atom is -0.344 e. The van der Waals surface area contributed by atoms with E-state index in [4.69, 9.17) is 11.6 Å². The summed E-state index contributed by atoms with van der Waals surface area (Å²) in [7, 11) is 2.88. The van der Waals surface area contributed by atoms with Crippen molar-refractivity contribution in [1.29, 1.82) is 0 Å². The Morgan fingerprint density at radius 1 is 1.21 bits per heavy atom. The molecule has 3 heterocycles. The average Bonchev–Trinajstić information content (AvgIpc) is 3.47. The number of carbonyl (C=O) groups is 2. The molecule has 8 nitrogen and oxygen atoms in total. The number of aromatic nitrogens is 3. The standard InChI is InChI=1S/C24H22ClF5N6O2/c1-12-6-14(24(28,29)30)8-19(32-12)36-10-13(22(37)33-15-9-31-34(2)11-15)7-18(36)23(38)35(3)17-5-4-16(26)20(25)21(17)27/h4-6,8-9,11,13,18H,7,10H2,1-3H3,(H,33,37)/t13?,18-/m0/s1. The highest BCUT2D eigenvalue weighted by molar-refractivity contribution is 6.31. The summed E-state index contributed by atoms with van der Waals surface area (Å²) in [5.41, 5.74) is -0.863. The van der Waals surface area contributed by atoms with Crippen LogP contribution in [0.1, 0.15) is 17.7 Å². The lowest BCUT2D eigenvalue weighted by Gasteiger charge is -2.29. The number of hydrogen-bond acceptors (Lipinski definition) is 5. The molecule has 1 saturated heterocycles. The van der Waals surface area contributed by atoms with E-state index in [0.717, 1.165) is 29.2 Å². The fourth-order valence-corrected chi connectivity index (χ4v) is 4.48. The van der Waals surface area contributed by atoms with Crippen molar-refractivity contribution in [2.75, 3.05) is 28.7 Å². The highest BCUT2D eigenvalue weighted by Gasteiger charge is 2.43. The largest absolute Gasteiger partial charge is 0.416 e. The molecule has 1 aliphatic heterocycles. The third-order valence-electron chi connectivity index (χ3n) is 6.20. The van der Waals surface area contributed by atoms with Crippen LogP contribution in [0.5, 0.6) is 0 Å². The van der Waals surface area contributed by atoms with Crippen molar-refractivity contribution in [3.05, 3.63) is 64.6 Å². The first-order chi connectivity index (χ1) is 17.8. The predicted octanol–water partition coefficient (Wildman–Crippen LogP) is 4.57. The highest BCUT2D eigenvalue weighted by Crippen LogP contribution is 2.36. The van der Waals surface area contributed by atoms with Crippen molar-refractivity contribution < 1.29 is 31.5 Å². The molecule has 2 amide bonds. The van der Waals surface area contributed by atoms with Crippen LogP contribution in [-0.4, -0.2) is 46.2 Å². The number of alkyl halides is 3. The topological polar surface area (TPSA) is 83.4 Å². The van der Waals surface area contributed by atoms with Gasteiger partial charge in [-0.2, -0.15) is 18.3 Å². The molecule has 3 aromatic rings. The zero-order valence-electron chi connectivity index (χ0n) is 20.4. The summed E-state index contributed by atoms with van der Waals surface area (Å²) in [6.07, 6.45) is -1.81. The number of anilines is 3. The van der Waals surface area contributed by atoms with Crippen LogP contribution in [0.4, 0.5) is 39.1 Å². The van der Waals surface area contributed by atoms with Gasteiger partial charge in [0.2, 0.25) is 11.8 Å². The Bertz CT molecular complexity index is 1400. The van der Waals surface area contributed by atoms with E-state index in [2.05, 4.69) is 15.4 Å². The Kier molecular flexibility index (Phi) is 7.33. The molecule has 4 rings (SSSR count). The van der Waals surface area contributed by atoms with Gasteiger partial charge in [-0.05, 0) is 37.6 Å². The number of aryl methyl sites for hydroxylation is 2. The van der Waals surface area contributed by atoms with E-state index in [1.165, 1.54) is 29.7 Å². The maximum atomic E-state index is 14.7. The van der Waals surface area contributed by atoms with Gasteiger partial charge in [0.15, 0.2) is 5.82 Å². The second-order valence-electron chi connectivity index (χ2n) is 8.94. The predicted molar refractivity (Wildman–Crippen MR) is 130 cm³/mol. The van der Waals surface area contributed by atoms with Crippen molar-refractivity contribution in [2.45, 2.75) is 25.6 Å². The summed E-state index contributed by atoms with van der Waals surface area (Å²) in [6, 6.07) is 2.38. The molecule has 202 valence electrons. The van der Waals surface area contributed by atoms with Gasteiger partial charge in [0.05, 0.1) is 29.1 Å². The molecule has 38 heavy (non-hydrogen) atoms. The summed E-state index contributed by atoms with van der Waals surface area (Å²) in [6.45, 7) is 1.23. The average molecular weight is 557 g/mol. The first-order valence-electron chi connectivity index (χ1n) is 11.3. The summed E-state index contributed by atoms with van der Waals surface area (Å²) < 4.78 is 70.4. The molecule has 2 aromatic heterocycles. The number of hydrogen-bond donors (Lipinski definition) is 1. The van der Waals surface area contributed by atoms with E-state index < -0.39 is 52.2 Å². The Morgan fingerprint density at radius 2 is 1.92 bits per heavy atom. The molecule has 0 saturated carbocycles. The number of benzene rings is 1. The molecule has 0 aliphatic carbocycles. The van der Waals surface area contributed by atoms with Gasteiger partial charge in [-0.3, -0.25) is 14.3 Å². The summed E-state index contributed by atoms with van der Waals surface area (Å²) in [4.78, 5) is 32.9. The second kappa shape index (κ2) is 10.2. The maximum absolute atomic E-state index is 14.7. The zero-order valence-corrected chi connectivity index (χ0v) is 21.1. The van der Waals surface area contributed by atoms with Crippen LogP contribution in [0.2, 0.25) is 5.02 Å². The summed E-state index contributed by atoms with van der Waals surface area (Å²) in [5, 5.41) is 5.83. The quantitative estimate of drug-likeness (QED) is 0.368. The van der Waals surface area contributed by atoms with Crippen LogP contribution < -0.4 is 15.1 Å². The number of nitrogens with zero attached hydrogens (tertiary/aromatic N) is 5. The number of nitrogens with one attached hydrogen (secondary N) is 1. The molecule has 0 bridgehead atoms. The second-order valence-corrected chi connectivity index (χ2v) is 9.32. The summed E-state index contributed by atoms with van der Waals surface area (Å²) >= 11 is 5.66. The van der Waals surface area contributed by atoms with E-state index in [1.54, 1.807) is 13.2 Å². The smallest absolute Gasteiger partial charge is 0.344 e. The number of rotatable bonds is 5. The maximum Gasteiger partial charge on any atom is 0.416 e. The molecule has 1 fully saturated rings. The molecule has 1 aromatic carbocycles. The fourth-order valence-electron chi connectivity index (χ4n) is 4.32. The number of amides is 2. The Labute approximate surface area is 219 Å². The molecule has 0 radical (unpaired) electrons. The van der Waals surface area contributed by atoms with Gasteiger partial charge in [-0.25, -0.2) is 13.8 Å². The van der Waals surface area contributed by atoms with Gasteiger partial charge >= 0.3 is 6.18 Å². The van der Waals surface area contributed by atoms with Crippen LogP contribution in [0, 0.1) is 24.5 Å². The van der Waals surface area contributed by atoms with E-state index >= 15 is 0 Å². The van der Waals surface area contributed by atoms with Crippen molar-refractivity contribution in [3.8, 4) is 0 Å². The lowest BCUT2D eigenvalue weighted by atomic mass is 10.0. The van der Waals surface area contributed by atoms with E-state index in [9.17, 15) is 31.5 Å². The van der Waals surface area contributed by atoms with E-state index in [1.807, 2.05) is 0 Å². The molecular formula is C24H22ClF5N6O2. The van der Waals surface area contributed by atoms with Crippen molar-refractivity contribution in [1.82, 2.24) is 14.8 Å². The molecule has 0 spiro atoms. The molecular weight excluding hydrogens is 535 g/mol. The van der Waals surface area contributed by atoms with Gasteiger partial charge in [0.25, 0.3) is 0 Å². The van der Waals surface area contributed by atoms with Gasteiger partial charge in [-0.15, -0.1) is 0 Å². The minimum atomic E-state index is -4.68. The lowest BCUT2D eigenvalue weighted by Crippen LogP contribution is -2.45. The van der Waals surface area contributed by atoms with Gasteiger partial charge < -0.3 is 15.1 Å². The van der Waals surface area contributed by atoms with Crippen molar-refractivity contribution in [3.63, 3.8) is 0 Å². The van der Waals surface area contributed by atoms with Gasteiger partial charge in [0, 0.05) is 32.5 Å². The Morgan fingerprint density at radius 3 is 2.55 bits per heavy atom. The monoisotopic (exact) mass is 556 g/mol. The number of likely N-dealkylation sites (N-methyl/N-ethyl adjacent to an activating group) is 1. The van der Waals surface area contributed by atoms with Crippen LogP contribution in [0.3, 0.4) is 0 Å². The van der Waals surface area contributed by atoms with Gasteiger partial charge in [-0.1, -0.05) is 11.6 Å². The zero-order chi connectivity index (χ0) is 27.9. The Balaban J connectivity index is 1.70. The summed E-state index contributed by atoms with van der Waals surface area (Å²) in [5.74, 6) is -4.44. The third-order valence-corrected chi connectivity index (χ3v) is 6.54. The number of pyridine rings is 1. The first-order valence-corrected chi connectivity index (χ1v) is 11.7. The lowest BCUT2D eigenvalue weighted by molar-refractivity contribution is -0.137. The number of halogens is 6. The van der Waals surface area contributed by atoms with Crippen LogP contribution in [0.15, 0.2) is 36.7 Å². The van der Waals surface area contributed by atoms with Crippen LogP contribution in [0.25, 0.3) is 0 Å². The molecule has 1 aliphatic rings. The first kappa shape index (κ1) is 27.3. The molecule has 14 heteroatoms. The SMILES string of the molecule is Cc1cc(C(F)(F)F)cc(N2CC(C(=O)Nc3cnn(C)c3)C[C@H]2C(=O)N(C)c2ccc(F)c(Cl)c2F)n1.